The van der Waals surface area contributed by atoms with Crippen LogP contribution in [0.15, 0.2) is 58.2 Å². The SMILES string of the molecule is COC(=O)c1ccc(CSc2nccc(-c3ccc(C)o3)n2)cc1. The number of aromatic nitrogens is 2. The summed E-state index contributed by atoms with van der Waals surface area (Å²) in [5, 5.41) is 0.679. The molecule has 0 aliphatic rings. The number of thioether (sulfide) groups is 1. The number of benzene rings is 1. The molecular formula is C18H16N2O3S. The first-order chi connectivity index (χ1) is 11.7. The fourth-order valence-electron chi connectivity index (χ4n) is 2.12. The molecule has 0 aliphatic heterocycles. The van der Waals surface area contributed by atoms with Crippen LogP contribution in [0.3, 0.4) is 0 Å². The summed E-state index contributed by atoms with van der Waals surface area (Å²) in [4.78, 5) is 20.2. The molecule has 0 fully saturated rings. The molecule has 2 aromatic heterocycles. The Morgan fingerprint density at radius 3 is 2.62 bits per heavy atom. The van der Waals surface area contributed by atoms with Gasteiger partial charge in [-0.25, -0.2) is 14.8 Å². The highest BCUT2D eigenvalue weighted by Crippen LogP contribution is 2.24. The number of carbonyl (C=O) groups excluding carboxylic acids is 1. The lowest BCUT2D eigenvalue weighted by Crippen LogP contribution is -2.00. The summed E-state index contributed by atoms with van der Waals surface area (Å²) in [6.45, 7) is 1.90. The highest BCUT2D eigenvalue weighted by molar-refractivity contribution is 7.98. The smallest absolute Gasteiger partial charge is 0.337 e. The first kappa shape index (κ1) is 16.3. The molecule has 6 heteroatoms. The molecule has 0 aliphatic carbocycles. The van der Waals surface area contributed by atoms with Gasteiger partial charge in [-0.05, 0) is 42.8 Å². The third kappa shape index (κ3) is 3.83. The summed E-state index contributed by atoms with van der Waals surface area (Å²) in [7, 11) is 1.37. The van der Waals surface area contributed by atoms with Crippen LogP contribution in [0.5, 0.6) is 0 Å². The van der Waals surface area contributed by atoms with Gasteiger partial charge in [0, 0.05) is 11.9 Å². The van der Waals surface area contributed by atoms with Crippen LogP contribution >= 0.6 is 11.8 Å². The predicted molar refractivity (Wildman–Crippen MR) is 91.8 cm³/mol. The van der Waals surface area contributed by atoms with Crippen LogP contribution in [0, 0.1) is 6.92 Å². The quantitative estimate of drug-likeness (QED) is 0.395. The summed E-state index contributed by atoms with van der Waals surface area (Å²) < 4.78 is 10.3. The van der Waals surface area contributed by atoms with Crippen molar-refractivity contribution in [1.29, 1.82) is 0 Å². The van der Waals surface area contributed by atoms with Crippen molar-refractivity contribution in [3.8, 4) is 11.5 Å². The molecule has 24 heavy (non-hydrogen) atoms. The molecule has 3 rings (SSSR count). The van der Waals surface area contributed by atoms with E-state index in [4.69, 9.17) is 4.42 Å². The van der Waals surface area contributed by atoms with Crippen LogP contribution < -0.4 is 0 Å². The molecule has 0 bridgehead atoms. The number of rotatable bonds is 5. The Kier molecular flexibility index (Phi) is 4.96. The van der Waals surface area contributed by atoms with Gasteiger partial charge in [-0.2, -0.15) is 0 Å². The third-order valence-electron chi connectivity index (χ3n) is 3.37. The maximum absolute atomic E-state index is 11.4. The predicted octanol–water partition coefficient (Wildman–Crippen LogP) is 4.12. The highest BCUT2D eigenvalue weighted by Gasteiger charge is 2.08. The van der Waals surface area contributed by atoms with Crippen LogP contribution in [-0.2, 0) is 10.5 Å². The molecule has 0 atom stereocenters. The average molecular weight is 340 g/mol. The standard InChI is InChI=1S/C18H16N2O3S/c1-12-3-8-16(23-12)15-9-10-19-18(20-15)24-11-13-4-6-14(7-5-13)17(21)22-2/h3-10H,11H2,1-2H3. The highest BCUT2D eigenvalue weighted by atomic mass is 32.2. The van der Waals surface area contributed by atoms with Crippen LogP contribution in [0.4, 0.5) is 0 Å². The zero-order valence-electron chi connectivity index (χ0n) is 13.4. The topological polar surface area (TPSA) is 65.2 Å². The normalized spacial score (nSPS) is 10.6. The van der Waals surface area contributed by atoms with E-state index in [-0.39, 0.29) is 5.97 Å². The fraction of sp³-hybridized carbons (Fsp3) is 0.167. The number of aryl methyl sites for hydroxylation is 1. The largest absolute Gasteiger partial charge is 0.465 e. The van der Waals surface area contributed by atoms with E-state index in [1.54, 1.807) is 18.3 Å². The molecular weight excluding hydrogens is 324 g/mol. The van der Waals surface area contributed by atoms with Gasteiger partial charge < -0.3 is 9.15 Å². The molecule has 2 heterocycles. The Bertz CT molecular complexity index is 843. The molecule has 0 amide bonds. The van der Waals surface area contributed by atoms with Crippen LogP contribution in [0.25, 0.3) is 11.5 Å². The van der Waals surface area contributed by atoms with Gasteiger partial charge in [0.25, 0.3) is 0 Å². The summed E-state index contributed by atoms with van der Waals surface area (Å²) in [6, 6.07) is 12.9. The zero-order valence-corrected chi connectivity index (χ0v) is 14.2. The molecule has 0 radical (unpaired) electrons. The molecule has 0 saturated heterocycles. The monoisotopic (exact) mass is 340 g/mol. The Morgan fingerprint density at radius 1 is 1.17 bits per heavy atom. The number of esters is 1. The molecule has 5 nitrogen and oxygen atoms in total. The van der Waals surface area contributed by atoms with E-state index in [1.165, 1.54) is 18.9 Å². The molecule has 0 spiro atoms. The van der Waals surface area contributed by atoms with Crippen LogP contribution in [0.2, 0.25) is 0 Å². The van der Waals surface area contributed by atoms with Crippen LogP contribution in [0.1, 0.15) is 21.7 Å². The van der Waals surface area contributed by atoms with E-state index in [2.05, 4.69) is 14.7 Å². The van der Waals surface area contributed by atoms with E-state index >= 15 is 0 Å². The lowest BCUT2D eigenvalue weighted by Gasteiger charge is -2.04. The van der Waals surface area contributed by atoms with Crippen molar-refractivity contribution in [2.45, 2.75) is 17.8 Å². The number of furan rings is 1. The van der Waals surface area contributed by atoms with E-state index in [1.807, 2.05) is 37.3 Å². The van der Waals surface area contributed by atoms with E-state index in [0.29, 0.717) is 16.5 Å². The maximum atomic E-state index is 11.4. The molecule has 1 aromatic carbocycles. The Labute approximate surface area is 144 Å². The van der Waals surface area contributed by atoms with E-state index in [0.717, 1.165) is 22.8 Å². The van der Waals surface area contributed by atoms with Gasteiger partial charge in [0.05, 0.1) is 12.7 Å². The summed E-state index contributed by atoms with van der Waals surface area (Å²) in [6.07, 6.45) is 1.73. The van der Waals surface area contributed by atoms with Gasteiger partial charge in [0.2, 0.25) is 0 Å². The van der Waals surface area contributed by atoms with Gasteiger partial charge >= 0.3 is 5.97 Å². The van der Waals surface area contributed by atoms with Crippen molar-refractivity contribution in [3.63, 3.8) is 0 Å². The Hall–Kier alpha value is -2.60. The van der Waals surface area contributed by atoms with Gasteiger partial charge in [0.15, 0.2) is 10.9 Å². The second kappa shape index (κ2) is 7.31. The van der Waals surface area contributed by atoms with Crippen molar-refractivity contribution in [2.75, 3.05) is 7.11 Å². The number of hydrogen-bond acceptors (Lipinski definition) is 6. The maximum Gasteiger partial charge on any atom is 0.337 e. The van der Waals surface area contributed by atoms with Crippen molar-refractivity contribution < 1.29 is 13.9 Å². The minimum atomic E-state index is -0.334. The molecule has 3 aromatic rings. The zero-order chi connectivity index (χ0) is 16.9. The molecule has 122 valence electrons. The summed E-state index contributed by atoms with van der Waals surface area (Å²) in [5.41, 5.74) is 2.38. The van der Waals surface area contributed by atoms with Crippen molar-refractivity contribution in [3.05, 3.63) is 65.5 Å². The first-order valence-corrected chi connectivity index (χ1v) is 8.34. The average Bonchev–Trinajstić information content (AvgIpc) is 3.06. The minimum absolute atomic E-state index is 0.334. The molecule has 0 N–H and O–H groups in total. The van der Waals surface area contributed by atoms with E-state index < -0.39 is 0 Å². The van der Waals surface area contributed by atoms with Crippen molar-refractivity contribution in [1.82, 2.24) is 9.97 Å². The minimum Gasteiger partial charge on any atom is -0.465 e. The van der Waals surface area contributed by atoms with Gasteiger partial charge in [-0.3, -0.25) is 0 Å². The van der Waals surface area contributed by atoms with Crippen molar-refractivity contribution in [2.24, 2.45) is 0 Å². The van der Waals surface area contributed by atoms with Gasteiger partial charge in [-0.1, -0.05) is 23.9 Å². The van der Waals surface area contributed by atoms with Crippen LogP contribution in [-0.4, -0.2) is 23.0 Å². The van der Waals surface area contributed by atoms with Crippen molar-refractivity contribution >= 4 is 17.7 Å². The van der Waals surface area contributed by atoms with Gasteiger partial charge in [-0.15, -0.1) is 0 Å². The lowest BCUT2D eigenvalue weighted by atomic mass is 10.1. The van der Waals surface area contributed by atoms with Gasteiger partial charge in [0.1, 0.15) is 11.5 Å². The number of carbonyl (C=O) groups is 1. The number of methoxy groups -OCH3 is 1. The first-order valence-electron chi connectivity index (χ1n) is 7.35. The Morgan fingerprint density at radius 2 is 1.96 bits per heavy atom. The number of ether oxygens (including phenoxy) is 1. The molecule has 0 unspecified atom stereocenters. The van der Waals surface area contributed by atoms with E-state index in [9.17, 15) is 4.79 Å². The second-order valence-corrected chi connectivity index (χ2v) is 6.05. The third-order valence-corrected chi connectivity index (χ3v) is 4.30. The lowest BCUT2D eigenvalue weighted by molar-refractivity contribution is 0.0600. The number of nitrogens with zero attached hydrogens (tertiary/aromatic N) is 2. The molecule has 0 saturated carbocycles. The number of hydrogen-bond donors (Lipinski definition) is 0. The second-order valence-electron chi connectivity index (χ2n) is 5.11. The summed E-state index contributed by atoms with van der Waals surface area (Å²) >= 11 is 1.53. The Balaban J connectivity index is 1.67. The fourth-order valence-corrected chi connectivity index (χ4v) is 2.91. The summed E-state index contributed by atoms with van der Waals surface area (Å²) in [5.74, 6) is 1.96.